The van der Waals surface area contributed by atoms with Crippen LogP contribution in [0.4, 0.5) is 5.69 Å². The van der Waals surface area contributed by atoms with Gasteiger partial charge in [-0.1, -0.05) is 6.92 Å². The minimum absolute atomic E-state index is 0.131. The number of rotatable bonds is 5. The molecule has 0 radical (unpaired) electrons. The summed E-state index contributed by atoms with van der Waals surface area (Å²) < 4.78 is 0. The van der Waals surface area contributed by atoms with Crippen LogP contribution in [0.15, 0.2) is 18.3 Å². The zero-order valence-corrected chi connectivity index (χ0v) is 12.4. The normalized spacial score (nSPS) is 18.9. The third kappa shape index (κ3) is 3.70. The number of nitrogens with one attached hydrogen (secondary N) is 2. The second kappa shape index (κ2) is 7.24. The molecule has 1 fully saturated rings. The van der Waals surface area contributed by atoms with Gasteiger partial charge in [0.15, 0.2) is 0 Å². The van der Waals surface area contributed by atoms with Crippen molar-refractivity contribution in [3.8, 4) is 0 Å². The lowest BCUT2D eigenvalue weighted by molar-refractivity contribution is 0.0958. The molecule has 1 aromatic rings. The van der Waals surface area contributed by atoms with Gasteiger partial charge in [0.2, 0.25) is 0 Å². The Morgan fingerprint density at radius 2 is 2.40 bits per heavy atom. The third-order valence-corrected chi connectivity index (χ3v) is 3.77. The Bertz CT molecular complexity index is 449. The Hall–Kier alpha value is -1.62. The summed E-state index contributed by atoms with van der Waals surface area (Å²) in [5, 5.41) is 6.04. The van der Waals surface area contributed by atoms with E-state index in [4.69, 9.17) is 0 Å². The molecule has 1 aromatic heterocycles. The summed E-state index contributed by atoms with van der Waals surface area (Å²) in [6.45, 7) is 6.33. The number of nitrogens with zero attached hydrogens (tertiary/aromatic N) is 2. The number of piperidine rings is 1. The van der Waals surface area contributed by atoms with Crippen LogP contribution in [0.1, 0.15) is 30.3 Å². The maximum Gasteiger partial charge on any atom is 0.269 e. The first kappa shape index (κ1) is 14.8. The van der Waals surface area contributed by atoms with Gasteiger partial charge in [-0.2, -0.15) is 0 Å². The maximum absolute atomic E-state index is 11.7. The van der Waals surface area contributed by atoms with E-state index in [9.17, 15) is 4.79 Å². The van der Waals surface area contributed by atoms with E-state index in [-0.39, 0.29) is 5.91 Å². The van der Waals surface area contributed by atoms with Gasteiger partial charge in [-0.25, -0.2) is 0 Å². The first-order valence-corrected chi connectivity index (χ1v) is 7.38. The van der Waals surface area contributed by atoms with Crippen molar-refractivity contribution in [3.63, 3.8) is 0 Å². The third-order valence-electron chi connectivity index (χ3n) is 3.77. The predicted molar refractivity (Wildman–Crippen MR) is 81.1 cm³/mol. The molecule has 1 aliphatic rings. The highest BCUT2D eigenvalue weighted by Crippen LogP contribution is 2.23. The molecule has 2 heterocycles. The van der Waals surface area contributed by atoms with E-state index < -0.39 is 0 Å². The first-order valence-electron chi connectivity index (χ1n) is 7.38. The van der Waals surface area contributed by atoms with Gasteiger partial charge in [-0.15, -0.1) is 0 Å². The Labute approximate surface area is 120 Å². The van der Waals surface area contributed by atoms with Crippen LogP contribution < -0.4 is 15.5 Å². The number of carbonyl (C=O) groups excluding carboxylic acids is 1. The summed E-state index contributed by atoms with van der Waals surface area (Å²) >= 11 is 0. The molecule has 0 aliphatic carbocycles. The Kier molecular flexibility index (Phi) is 5.35. The van der Waals surface area contributed by atoms with Crippen LogP contribution in [0.5, 0.6) is 0 Å². The van der Waals surface area contributed by atoms with Crippen molar-refractivity contribution >= 4 is 11.6 Å². The number of pyridine rings is 1. The zero-order valence-electron chi connectivity index (χ0n) is 12.4. The van der Waals surface area contributed by atoms with E-state index in [0.29, 0.717) is 11.6 Å². The van der Waals surface area contributed by atoms with Gasteiger partial charge in [0, 0.05) is 32.0 Å². The number of hydrogen-bond donors (Lipinski definition) is 2. The molecule has 0 bridgehead atoms. The number of anilines is 1. The zero-order chi connectivity index (χ0) is 14.4. The molecule has 2 N–H and O–H groups in total. The first-order chi connectivity index (χ1) is 9.74. The lowest BCUT2D eigenvalue weighted by Crippen LogP contribution is -2.39. The minimum Gasteiger partial charge on any atom is -0.371 e. The molecule has 1 atom stereocenters. The number of amides is 1. The number of hydrogen-bond acceptors (Lipinski definition) is 4. The lowest BCUT2D eigenvalue weighted by Gasteiger charge is -2.34. The van der Waals surface area contributed by atoms with Gasteiger partial charge >= 0.3 is 0 Å². The largest absolute Gasteiger partial charge is 0.371 e. The fourth-order valence-electron chi connectivity index (χ4n) is 2.68. The smallest absolute Gasteiger partial charge is 0.269 e. The van der Waals surface area contributed by atoms with Gasteiger partial charge in [0.05, 0.1) is 0 Å². The Morgan fingerprint density at radius 3 is 3.15 bits per heavy atom. The topological polar surface area (TPSA) is 57.3 Å². The fraction of sp³-hybridized carbons (Fsp3) is 0.600. The molecule has 0 aromatic carbocycles. The van der Waals surface area contributed by atoms with Gasteiger partial charge in [0.1, 0.15) is 5.69 Å². The fourth-order valence-corrected chi connectivity index (χ4v) is 2.68. The van der Waals surface area contributed by atoms with Crippen LogP contribution in [0.3, 0.4) is 0 Å². The molecule has 5 nitrogen and oxygen atoms in total. The molecular weight excluding hydrogens is 252 g/mol. The van der Waals surface area contributed by atoms with Crippen LogP contribution >= 0.6 is 0 Å². The van der Waals surface area contributed by atoms with Crippen molar-refractivity contribution in [2.75, 3.05) is 38.1 Å². The van der Waals surface area contributed by atoms with Crippen LogP contribution in [0.2, 0.25) is 0 Å². The molecule has 5 heteroatoms. The highest BCUT2D eigenvalue weighted by molar-refractivity contribution is 5.92. The van der Waals surface area contributed by atoms with Crippen molar-refractivity contribution in [1.29, 1.82) is 0 Å². The molecule has 2 rings (SSSR count). The summed E-state index contributed by atoms with van der Waals surface area (Å²) in [7, 11) is 1.63. The van der Waals surface area contributed by atoms with Gasteiger partial charge < -0.3 is 15.5 Å². The van der Waals surface area contributed by atoms with Crippen molar-refractivity contribution in [1.82, 2.24) is 15.6 Å². The molecule has 1 amide bonds. The molecule has 110 valence electrons. The molecule has 1 aliphatic heterocycles. The van der Waals surface area contributed by atoms with E-state index >= 15 is 0 Å². The van der Waals surface area contributed by atoms with E-state index in [1.807, 2.05) is 12.1 Å². The second-order valence-corrected chi connectivity index (χ2v) is 5.24. The second-order valence-electron chi connectivity index (χ2n) is 5.24. The molecule has 0 saturated carbocycles. The van der Waals surface area contributed by atoms with Crippen molar-refractivity contribution in [3.05, 3.63) is 24.0 Å². The van der Waals surface area contributed by atoms with Crippen molar-refractivity contribution in [2.45, 2.75) is 19.8 Å². The summed E-state index contributed by atoms with van der Waals surface area (Å²) in [5.41, 5.74) is 1.58. The highest BCUT2D eigenvalue weighted by Gasteiger charge is 2.20. The van der Waals surface area contributed by atoms with Gasteiger partial charge in [-0.05, 0) is 44.0 Å². The Balaban J connectivity index is 2.04. The summed E-state index contributed by atoms with van der Waals surface area (Å²) in [5.74, 6) is 0.549. The number of carbonyl (C=O) groups is 1. The van der Waals surface area contributed by atoms with E-state index in [1.165, 1.54) is 12.8 Å². The summed E-state index contributed by atoms with van der Waals surface area (Å²) in [6.07, 6.45) is 4.19. The van der Waals surface area contributed by atoms with Gasteiger partial charge in [-0.3, -0.25) is 9.78 Å². The van der Waals surface area contributed by atoms with Crippen molar-refractivity contribution in [2.24, 2.45) is 5.92 Å². The average Bonchev–Trinajstić information content (AvgIpc) is 2.52. The van der Waals surface area contributed by atoms with Gasteiger partial charge in [0.25, 0.3) is 5.91 Å². The van der Waals surface area contributed by atoms with Crippen molar-refractivity contribution < 1.29 is 4.79 Å². The van der Waals surface area contributed by atoms with E-state index in [0.717, 1.165) is 31.9 Å². The SMILES string of the molecule is CCNCC1CCCN(c2ccnc(C(=O)NC)c2)C1. The van der Waals surface area contributed by atoms with Crippen LogP contribution in [-0.2, 0) is 0 Å². The standard InChI is InChI=1S/C15H24N4O/c1-3-17-10-12-5-4-8-19(11-12)13-6-7-18-14(9-13)15(20)16-2/h6-7,9,12,17H,3-5,8,10-11H2,1-2H3,(H,16,20). The molecular formula is C15H24N4O. The minimum atomic E-state index is -0.131. The quantitative estimate of drug-likeness (QED) is 0.850. The lowest BCUT2D eigenvalue weighted by atomic mass is 9.97. The Morgan fingerprint density at radius 1 is 1.55 bits per heavy atom. The monoisotopic (exact) mass is 276 g/mol. The average molecular weight is 276 g/mol. The van der Waals surface area contributed by atoms with Crippen LogP contribution in [0.25, 0.3) is 0 Å². The molecule has 20 heavy (non-hydrogen) atoms. The number of aromatic nitrogens is 1. The van der Waals surface area contributed by atoms with Crippen LogP contribution in [-0.4, -0.2) is 44.1 Å². The predicted octanol–water partition coefficient (Wildman–Crippen LogP) is 1.27. The molecule has 1 unspecified atom stereocenters. The molecule has 1 saturated heterocycles. The van der Waals surface area contributed by atoms with Crippen LogP contribution in [0, 0.1) is 5.92 Å². The highest BCUT2D eigenvalue weighted by atomic mass is 16.1. The maximum atomic E-state index is 11.7. The van der Waals surface area contributed by atoms with E-state index in [1.54, 1.807) is 13.2 Å². The summed E-state index contributed by atoms with van der Waals surface area (Å²) in [6, 6.07) is 3.87. The molecule has 0 spiro atoms. The summed E-state index contributed by atoms with van der Waals surface area (Å²) in [4.78, 5) is 18.1. The van der Waals surface area contributed by atoms with E-state index in [2.05, 4.69) is 27.4 Å².